The molecule has 0 aromatic carbocycles. The number of carbonyl (C=O) groups is 1. The summed E-state index contributed by atoms with van der Waals surface area (Å²) in [7, 11) is 3.27. The Bertz CT molecular complexity index is 181. The lowest BCUT2D eigenvalue weighted by Crippen LogP contribution is -2.49. The summed E-state index contributed by atoms with van der Waals surface area (Å²) in [6.45, 7) is 4.30. The van der Waals surface area contributed by atoms with Crippen LogP contribution in [-0.4, -0.2) is 37.4 Å². The van der Waals surface area contributed by atoms with Gasteiger partial charge in [0.1, 0.15) is 0 Å². The molecule has 0 saturated carbocycles. The molecule has 1 heterocycles. The van der Waals surface area contributed by atoms with E-state index in [0.29, 0.717) is 6.04 Å². The Morgan fingerprint density at radius 2 is 2.46 bits per heavy atom. The van der Waals surface area contributed by atoms with Crippen molar-refractivity contribution in [1.82, 2.24) is 15.2 Å². The van der Waals surface area contributed by atoms with E-state index >= 15 is 0 Å². The molecule has 2 N–H and O–H groups in total. The molecule has 1 fully saturated rings. The van der Waals surface area contributed by atoms with E-state index in [1.807, 2.05) is 0 Å². The third kappa shape index (κ3) is 3.53. The molecule has 2 unspecified atom stereocenters. The fraction of sp³-hybridized carbons (Fsp3) is 0.857. The summed E-state index contributed by atoms with van der Waals surface area (Å²) in [5.74, 6) is 0. The van der Waals surface area contributed by atoms with Crippen molar-refractivity contribution >= 4 is 22.8 Å². The Morgan fingerprint density at radius 3 is 3.08 bits per heavy atom. The first-order chi connectivity index (χ1) is 6.26. The van der Waals surface area contributed by atoms with Crippen LogP contribution >= 0.6 is 9.39 Å². The van der Waals surface area contributed by atoms with Crippen LogP contribution in [0.3, 0.4) is 0 Å². The number of rotatable bonds is 2. The number of hydrogen-bond acceptors (Lipinski definition) is 2. The Hall–Kier alpha value is -0.275. The Morgan fingerprint density at radius 1 is 1.69 bits per heavy atom. The van der Waals surface area contributed by atoms with E-state index in [1.54, 1.807) is 0 Å². The highest BCUT2D eigenvalue weighted by Crippen LogP contribution is 2.08. The van der Waals surface area contributed by atoms with Crippen molar-refractivity contribution in [2.75, 3.05) is 13.1 Å². The minimum Gasteiger partial charge on any atom is -0.344 e. The van der Waals surface area contributed by atoms with Crippen molar-refractivity contribution < 1.29 is 4.79 Å². The van der Waals surface area contributed by atoms with Crippen LogP contribution < -0.4 is 10.4 Å². The second-order valence-electron chi connectivity index (χ2n) is 3.35. The van der Waals surface area contributed by atoms with Crippen LogP contribution in [-0.2, 0) is 0 Å². The van der Waals surface area contributed by atoms with Crippen LogP contribution in [0.4, 0.5) is 4.79 Å². The van der Waals surface area contributed by atoms with Gasteiger partial charge in [-0.2, -0.15) is 0 Å². The number of urea groups is 1. The Kier molecular flexibility index (Phi) is 4.53. The van der Waals surface area contributed by atoms with Crippen molar-refractivity contribution in [2.45, 2.75) is 25.7 Å². The molecule has 0 bridgehead atoms. The second-order valence-corrected chi connectivity index (χ2v) is 3.64. The van der Waals surface area contributed by atoms with Crippen LogP contribution in [0.15, 0.2) is 0 Å². The normalized spacial score (nSPS) is 23.7. The van der Waals surface area contributed by atoms with Crippen LogP contribution in [0.25, 0.3) is 0 Å². The SMILES string of the molecule is CBN1CCCC(NC(=O)NP)C1. The summed E-state index contributed by atoms with van der Waals surface area (Å²) < 4.78 is 0. The molecule has 1 saturated heterocycles. The van der Waals surface area contributed by atoms with Gasteiger partial charge in [0.25, 0.3) is 0 Å². The molecule has 1 aliphatic rings. The summed E-state index contributed by atoms with van der Waals surface area (Å²) in [6, 6.07) is 0.210. The zero-order chi connectivity index (χ0) is 9.68. The summed E-state index contributed by atoms with van der Waals surface area (Å²) in [5.41, 5.74) is 0. The standard InChI is InChI=1S/C7H17BN3OP/c1-8-11-4-2-3-6(5-11)9-7(12)10-13/h6,8H,2-5,13H2,1H3,(H2,9,10,12). The highest BCUT2D eigenvalue weighted by molar-refractivity contribution is 7.15. The van der Waals surface area contributed by atoms with Crippen LogP contribution in [0.1, 0.15) is 12.8 Å². The largest absolute Gasteiger partial charge is 0.344 e. The van der Waals surface area contributed by atoms with Gasteiger partial charge in [-0.3, -0.25) is 0 Å². The van der Waals surface area contributed by atoms with E-state index < -0.39 is 0 Å². The predicted molar refractivity (Wildman–Crippen MR) is 59.0 cm³/mol. The van der Waals surface area contributed by atoms with Gasteiger partial charge in [-0.1, -0.05) is 6.82 Å². The van der Waals surface area contributed by atoms with Gasteiger partial charge in [0, 0.05) is 12.6 Å². The number of carbonyl (C=O) groups excluding carboxylic acids is 1. The lowest BCUT2D eigenvalue weighted by Gasteiger charge is -2.32. The van der Waals surface area contributed by atoms with Gasteiger partial charge in [0.15, 0.2) is 0 Å². The van der Waals surface area contributed by atoms with Crippen molar-refractivity contribution in [3.63, 3.8) is 0 Å². The molecular formula is C7H17BN3OP. The van der Waals surface area contributed by atoms with Crippen molar-refractivity contribution in [2.24, 2.45) is 0 Å². The van der Waals surface area contributed by atoms with Gasteiger partial charge in [-0.25, -0.2) is 4.79 Å². The average molecular weight is 201 g/mol. The van der Waals surface area contributed by atoms with E-state index in [4.69, 9.17) is 0 Å². The fourth-order valence-corrected chi connectivity index (χ4v) is 1.77. The van der Waals surface area contributed by atoms with Gasteiger partial charge < -0.3 is 15.2 Å². The second kappa shape index (κ2) is 5.45. The van der Waals surface area contributed by atoms with E-state index in [1.165, 1.54) is 6.42 Å². The topological polar surface area (TPSA) is 44.4 Å². The predicted octanol–water partition coefficient (Wildman–Crippen LogP) is -0.0603. The van der Waals surface area contributed by atoms with Crippen LogP contribution in [0, 0.1) is 0 Å². The summed E-state index contributed by atoms with van der Waals surface area (Å²) >= 11 is 0. The lowest BCUT2D eigenvalue weighted by atomic mass is 9.90. The summed E-state index contributed by atoms with van der Waals surface area (Å²) in [5, 5.41) is 5.41. The molecular weight excluding hydrogens is 184 g/mol. The molecule has 74 valence electrons. The van der Waals surface area contributed by atoms with E-state index in [0.717, 1.165) is 26.9 Å². The minimum absolute atomic E-state index is 0.104. The zero-order valence-corrected chi connectivity index (χ0v) is 9.20. The monoisotopic (exact) mass is 201 g/mol. The maximum Gasteiger partial charge on any atom is 0.317 e. The van der Waals surface area contributed by atoms with Crippen molar-refractivity contribution in [3.8, 4) is 0 Å². The van der Waals surface area contributed by atoms with Gasteiger partial charge in [-0.15, -0.1) is 0 Å². The van der Waals surface area contributed by atoms with Crippen molar-refractivity contribution in [1.29, 1.82) is 0 Å². The lowest BCUT2D eigenvalue weighted by molar-refractivity contribution is 0.231. The minimum atomic E-state index is -0.104. The zero-order valence-electron chi connectivity index (χ0n) is 8.05. The van der Waals surface area contributed by atoms with E-state index in [-0.39, 0.29) is 6.03 Å². The van der Waals surface area contributed by atoms with Gasteiger partial charge >= 0.3 is 6.03 Å². The highest BCUT2D eigenvalue weighted by Gasteiger charge is 2.19. The first-order valence-electron chi connectivity index (χ1n) is 4.75. The molecule has 6 heteroatoms. The van der Waals surface area contributed by atoms with E-state index in [2.05, 4.69) is 31.4 Å². The highest BCUT2D eigenvalue weighted by atomic mass is 31.0. The molecule has 1 aliphatic heterocycles. The molecule has 1 rings (SSSR count). The molecule has 0 spiro atoms. The van der Waals surface area contributed by atoms with Crippen LogP contribution in [0.2, 0.25) is 6.82 Å². The smallest absolute Gasteiger partial charge is 0.317 e. The number of piperidine rings is 1. The van der Waals surface area contributed by atoms with Gasteiger partial charge in [-0.05, 0) is 28.8 Å². The van der Waals surface area contributed by atoms with E-state index in [9.17, 15) is 4.79 Å². The third-order valence-corrected chi connectivity index (χ3v) is 2.68. The molecule has 0 radical (unpaired) electrons. The fourth-order valence-electron chi connectivity index (χ4n) is 1.69. The number of amides is 2. The molecule has 0 aromatic rings. The maximum atomic E-state index is 11.0. The van der Waals surface area contributed by atoms with Gasteiger partial charge in [0.2, 0.25) is 7.41 Å². The number of nitrogens with zero attached hydrogens (tertiary/aromatic N) is 1. The maximum absolute atomic E-state index is 11.0. The molecule has 4 nitrogen and oxygen atoms in total. The molecule has 2 amide bonds. The number of hydrogen-bond donors (Lipinski definition) is 2. The molecule has 13 heavy (non-hydrogen) atoms. The Labute approximate surface area is 82.3 Å². The summed E-state index contributed by atoms with van der Waals surface area (Å²) in [4.78, 5) is 13.4. The molecule has 0 aliphatic carbocycles. The van der Waals surface area contributed by atoms with Gasteiger partial charge in [0.05, 0.1) is 0 Å². The molecule has 0 aromatic heterocycles. The third-order valence-electron chi connectivity index (χ3n) is 2.42. The molecule has 2 atom stereocenters. The Balaban J connectivity index is 2.29. The average Bonchev–Trinajstić information content (AvgIpc) is 2.18. The number of nitrogens with one attached hydrogen (secondary N) is 2. The first kappa shape index (κ1) is 10.8. The van der Waals surface area contributed by atoms with Crippen LogP contribution in [0.5, 0.6) is 0 Å². The first-order valence-corrected chi connectivity index (χ1v) is 5.33. The summed E-state index contributed by atoms with van der Waals surface area (Å²) in [6.07, 6.45) is 2.27. The quantitative estimate of drug-likeness (QED) is 0.485. The van der Waals surface area contributed by atoms with Crippen molar-refractivity contribution in [3.05, 3.63) is 0 Å².